The first-order valence-electron chi connectivity index (χ1n) is 18.9. The molecule has 2 aromatic carbocycles. The number of benzene rings is 2. The number of carbonyl (C=O) groups excluding carboxylic acids is 1. The number of allylic oxidation sites excluding steroid dienone is 1. The van der Waals surface area contributed by atoms with Crippen LogP contribution in [0.25, 0.3) is 34.2 Å². The fraction of sp³-hybridized carbons (Fsp3) is 0.381. The van der Waals surface area contributed by atoms with Gasteiger partial charge in [-0.25, -0.2) is 9.48 Å². The molecule has 0 bridgehead atoms. The summed E-state index contributed by atoms with van der Waals surface area (Å²) in [5.74, 6) is 1.15. The van der Waals surface area contributed by atoms with E-state index >= 15 is 0 Å². The molecule has 0 unspecified atom stereocenters. The highest BCUT2D eigenvalue weighted by Crippen LogP contribution is 2.34. The number of amides is 1. The zero-order valence-corrected chi connectivity index (χ0v) is 31.2. The van der Waals surface area contributed by atoms with Crippen molar-refractivity contribution in [1.29, 1.82) is 0 Å². The lowest BCUT2D eigenvalue weighted by Crippen LogP contribution is -2.37. The molecule has 0 atom stereocenters. The standard InChI is InChI=1S/C42H46N8O3/c1-6-47-38-9-7-30(29-12-17-53-18-13-29)21-31(38)23-39(47)41(51)46-14-11-36-35(25-46)40(50(44-36)34-19-26(2)28(4)27(3)20-34)49-16-15-48(42(49)52)33-8-10-37-32(22-33)24-43-45(37)5/h7,9,15-16,19-24,29H,6,8,10-14,17-18,25H2,1-5H3. The summed E-state index contributed by atoms with van der Waals surface area (Å²) in [6.07, 6.45) is 11.8. The van der Waals surface area contributed by atoms with Gasteiger partial charge in [0.15, 0.2) is 0 Å². The molecule has 3 aliphatic rings. The summed E-state index contributed by atoms with van der Waals surface area (Å²) in [6, 6.07) is 13.0. The van der Waals surface area contributed by atoms with Crippen LogP contribution in [0.4, 0.5) is 0 Å². The Morgan fingerprint density at radius 3 is 2.51 bits per heavy atom. The van der Waals surface area contributed by atoms with Crippen LogP contribution in [-0.2, 0) is 37.7 Å². The molecule has 0 N–H and O–H groups in total. The summed E-state index contributed by atoms with van der Waals surface area (Å²) in [6.45, 7) is 11.6. The summed E-state index contributed by atoms with van der Waals surface area (Å²) in [5, 5.41) is 10.7. The first-order valence-corrected chi connectivity index (χ1v) is 18.9. The van der Waals surface area contributed by atoms with Crippen molar-refractivity contribution in [2.24, 2.45) is 7.05 Å². The van der Waals surface area contributed by atoms with Crippen molar-refractivity contribution in [3.63, 3.8) is 0 Å². The molecule has 11 nitrogen and oxygen atoms in total. The lowest BCUT2D eigenvalue weighted by molar-refractivity contribution is 0.0724. The van der Waals surface area contributed by atoms with Crippen LogP contribution in [0.1, 0.15) is 87.4 Å². The van der Waals surface area contributed by atoms with E-state index < -0.39 is 0 Å². The van der Waals surface area contributed by atoms with E-state index in [1.165, 1.54) is 16.8 Å². The minimum Gasteiger partial charge on any atom is -0.381 e. The first kappa shape index (κ1) is 33.4. The number of imidazole rings is 1. The number of nitrogens with zero attached hydrogens (tertiary/aromatic N) is 8. The van der Waals surface area contributed by atoms with Gasteiger partial charge in [-0.1, -0.05) is 6.07 Å². The second-order valence-corrected chi connectivity index (χ2v) is 14.9. The Kier molecular flexibility index (Phi) is 8.14. The average Bonchev–Trinajstić information content (AvgIpc) is 3.95. The fourth-order valence-electron chi connectivity index (χ4n) is 8.70. The largest absolute Gasteiger partial charge is 0.381 e. The average molecular weight is 711 g/mol. The number of aryl methyl sites for hydroxylation is 4. The molecule has 1 aliphatic carbocycles. The van der Waals surface area contributed by atoms with E-state index in [0.29, 0.717) is 43.5 Å². The third kappa shape index (κ3) is 5.51. The van der Waals surface area contributed by atoms with Crippen molar-refractivity contribution in [3.05, 3.63) is 116 Å². The van der Waals surface area contributed by atoms with Crippen LogP contribution in [0.3, 0.4) is 0 Å². The molecule has 11 heteroatoms. The van der Waals surface area contributed by atoms with Gasteiger partial charge in [-0.05, 0) is 118 Å². The number of hydrogen-bond acceptors (Lipinski definition) is 5. The number of ether oxygens (including phenoxy) is 1. The number of fused-ring (bicyclic) bond motifs is 3. The lowest BCUT2D eigenvalue weighted by atomic mass is 9.91. The van der Waals surface area contributed by atoms with Gasteiger partial charge in [0.25, 0.3) is 5.91 Å². The predicted octanol–water partition coefficient (Wildman–Crippen LogP) is 6.49. The Hall–Kier alpha value is -5.42. The molecule has 0 saturated carbocycles. The summed E-state index contributed by atoms with van der Waals surface area (Å²) in [5.41, 5.74) is 12.3. The lowest BCUT2D eigenvalue weighted by Gasteiger charge is -2.27. The minimum atomic E-state index is -0.164. The Morgan fingerprint density at radius 1 is 0.962 bits per heavy atom. The van der Waals surface area contributed by atoms with Crippen LogP contribution in [0, 0.1) is 20.8 Å². The SMILES string of the molecule is CCn1c(C(=O)N2CCc3nn(-c4cc(C)c(C)c(C)c4)c(-n4ccn(C5=Cc6cnn(C)c6CC5)c4=O)c3C2)cc2cc(C3CCOCC3)ccc21. The highest BCUT2D eigenvalue weighted by molar-refractivity contribution is 5.99. The van der Waals surface area contributed by atoms with Gasteiger partial charge in [0, 0.05) is 85.6 Å². The molecule has 0 radical (unpaired) electrons. The third-order valence-electron chi connectivity index (χ3n) is 12.0. The highest BCUT2D eigenvalue weighted by atomic mass is 16.5. The van der Waals surface area contributed by atoms with Crippen LogP contribution in [0.5, 0.6) is 0 Å². The Balaban J connectivity index is 1.12. The van der Waals surface area contributed by atoms with Crippen molar-refractivity contribution < 1.29 is 9.53 Å². The highest BCUT2D eigenvalue weighted by Gasteiger charge is 2.32. The molecule has 272 valence electrons. The van der Waals surface area contributed by atoms with Gasteiger partial charge in [-0.2, -0.15) is 10.2 Å². The summed E-state index contributed by atoms with van der Waals surface area (Å²) in [7, 11) is 1.96. The molecular weight excluding hydrogens is 665 g/mol. The van der Waals surface area contributed by atoms with E-state index in [9.17, 15) is 9.59 Å². The number of rotatable bonds is 6. The normalized spacial score (nSPS) is 16.2. The van der Waals surface area contributed by atoms with Crippen molar-refractivity contribution in [1.82, 2.24) is 38.2 Å². The van der Waals surface area contributed by atoms with Crippen molar-refractivity contribution in [2.45, 2.75) is 78.8 Å². The maximum Gasteiger partial charge on any atom is 0.338 e. The van der Waals surface area contributed by atoms with Gasteiger partial charge in [0.2, 0.25) is 0 Å². The van der Waals surface area contributed by atoms with Crippen LogP contribution >= 0.6 is 0 Å². The van der Waals surface area contributed by atoms with E-state index in [2.05, 4.69) is 79.8 Å². The topological polar surface area (TPSA) is 97.0 Å². The zero-order valence-electron chi connectivity index (χ0n) is 31.2. The molecule has 53 heavy (non-hydrogen) atoms. The van der Waals surface area contributed by atoms with E-state index in [0.717, 1.165) is 89.1 Å². The number of carbonyl (C=O) groups is 1. The van der Waals surface area contributed by atoms with Crippen LogP contribution in [-0.4, -0.2) is 63.8 Å². The zero-order chi connectivity index (χ0) is 36.5. The summed E-state index contributed by atoms with van der Waals surface area (Å²) < 4.78 is 15.0. The molecule has 6 aromatic rings. The fourth-order valence-corrected chi connectivity index (χ4v) is 8.70. The molecule has 2 aliphatic heterocycles. The second kappa shape index (κ2) is 12.9. The molecule has 1 saturated heterocycles. The molecule has 9 rings (SSSR count). The van der Waals surface area contributed by atoms with E-state index in [4.69, 9.17) is 9.84 Å². The van der Waals surface area contributed by atoms with Crippen LogP contribution in [0.15, 0.2) is 59.8 Å². The van der Waals surface area contributed by atoms with Crippen LogP contribution < -0.4 is 5.69 Å². The van der Waals surface area contributed by atoms with Gasteiger partial charge in [0.05, 0.1) is 24.1 Å². The second-order valence-electron chi connectivity index (χ2n) is 14.9. The maximum absolute atomic E-state index is 14.6. The molecule has 4 aromatic heterocycles. The Bertz CT molecular complexity index is 2490. The van der Waals surface area contributed by atoms with Crippen molar-refractivity contribution in [3.8, 4) is 11.5 Å². The Morgan fingerprint density at radius 2 is 1.74 bits per heavy atom. The minimum absolute atomic E-state index is 0.00778. The Labute approximate surface area is 308 Å². The van der Waals surface area contributed by atoms with Gasteiger partial charge in [-0.15, -0.1) is 0 Å². The summed E-state index contributed by atoms with van der Waals surface area (Å²) >= 11 is 0. The van der Waals surface area contributed by atoms with Gasteiger partial charge < -0.3 is 14.2 Å². The van der Waals surface area contributed by atoms with Gasteiger partial charge >= 0.3 is 5.69 Å². The molecule has 6 heterocycles. The monoisotopic (exact) mass is 710 g/mol. The van der Waals surface area contributed by atoms with Crippen molar-refractivity contribution >= 4 is 28.6 Å². The molecular formula is C42H46N8O3. The quantitative estimate of drug-likeness (QED) is 0.197. The van der Waals surface area contributed by atoms with Gasteiger partial charge in [-0.3, -0.25) is 18.6 Å². The molecule has 1 amide bonds. The number of hydrogen-bond donors (Lipinski definition) is 0. The molecule has 0 spiro atoms. The van der Waals surface area contributed by atoms with Crippen molar-refractivity contribution in [2.75, 3.05) is 19.8 Å². The van der Waals surface area contributed by atoms with E-state index in [1.807, 2.05) is 39.9 Å². The summed E-state index contributed by atoms with van der Waals surface area (Å²) in [4.78, 5) is 30.9. The first-order chi connectivity index (χ1) is 25.7. The van der Waals surface area contributed by atoms with E-state index in [-0.39, 0.29) is 11.6 Å². The smallest absolute Gasteiger partial charge is 0.338 e. The maximum atomic E-state index is 14.6. The predicted molar refractivity (Wildman–Crippen MR) is 206 cm³/mol. The number of aromatic nitrogens is 7. The third-order valence-corrected chi connectivity index (χ3v) is 12.0. The van der Waals surface area contributed by atoms with E-state index in [1.54, 1.807) is 9.13 Å². The van der Waals surface area contributed by atoms with Gasteiger partial charge in [0.1, 0.15) is 11.5 Å². The molecule has 1 fully saturated rings. The van der Waals surface area contributed by atoms with Crippen LogP contribution in [0.2, 0.25) is 0 Å².